The van der Waals surface area contributed by atoms with Gasteiger partial charge in [0, 0.05) is 10.6 Å². The first-order valence-electron chi connectivity index (χ1n) is 7.88. The average molecular weight is 377 g/mol. The number of hydrazone groups is 1. The van der Waals surface area contributed by atoms with E-state index in [1.165, 1.54) is 6.21 Å². The van der Waals surface area contributed by atoms with Gasteiger partial charge in [0.2, 0.25) is 0 Å². The molecule has 0 aliphatic heterocycles. The van der Waals surface area contributed by atoms with Gasteiger partial charge < -0.3 is 14.2 Å². The number of methoxy groups -OCH3 is 2. The van der Waals surface area contributed by atoms with Crippen LogP contribution < -0.4 is 19.6 Å². The molecule has 0 fully saturated rings. The van der Waals surface area contributed by atoms with Gasteiger partial charge in [0.15, 0.2) is 6.61 Å². The van der Waals surface area contributed by atoms with Gasteiger partial charge in [-0.25, -0.2) is 5.43 Å². The molecule has 7 heteroatoms. The highest BCUT2D eigenvalue weighted by atomic mass is 35.5. The van der Waals surface area contributed by atoms with Crippen molar-refractivity contribution in [3.8, 4) is 17.2 Å². The normalized spacial score (nSPS) is 10.7. The quantitative estimate of drug-likeness (QED) is 0.593. The minimum absolute atomic E-state index is 0.160. The predicted molar refractivity (Wildman–Crippen MR) is 102 cm³/mol. The highest BCUT2D eigenvalue weighted by Crippen LogP contribution is 2.25. The van der Waals surface area contributed by atoms with Crippen LogP contribution in [0.4, 0.5) is 0 Å². The van der Waals surface area contributed by atoms with E-state index in [9.17, 15) is 4.79 Å². The summed E-state index contributed by atoms with van der Waals surface area (Å²) in [5, 5.41) is 4.62. The average Bonchev–Trinajstić information content (AvgIpc) is 2.64. The lowest BCUT2D eigenvalue weighted by atomic mass is 10.1. The Morgan fingerprint density at radius 3 is 2.42 bits per heavy atom. The lowest BCUT2D eigenvalue weighted by Gasteiger charge is -2.09. The molecule has 0 aliphatic carbocycles. The summed E-state index contributed by atoms with van der Waals surface area (Å²) in [6.45, 7) is 3.61. The number of amides is 1. The zero-order chi connectivity index (χ0) is 19.1. The van der Waals surface area contributed by atoms with E-state index >= 15 is 0 Å². The summed E-state index contributed by atoms with van der Waals surface area (Å²) in [6.07, 6.45) is 1.48. The molecule has 0 bridgehead atoms. The van der Waals surface area contributed by atoms with E-state index < -0.39 is 0 Å². The zero-order valence-corrected chi connectivity index (χ0v) is 15.9. The Labute approximate surface area is 157 Å². The van der Waals surface area contributed by atoms with Gasteiger partial charge in [-0.1, -0.05) is 11.6 Å². The Bertz CT molecular complexity index is 798. The minimum Gasteiger partial charge on any atom is -0.497 e. The summed E-state index contributed by atoms with van der Waals surface area (Å²) in [5.41, 5.74) is 4.88. The van der Waals surface area contributed by atoms with E-state index in [1.54, 1.807) is 44.6 Å². The Balaban J connectivity index is 1.94. The summed E-state index contributed by atoms with van der Waals surface area (Å²) in [6, 6.07) is 8.86. The van der Waals surface area contributed by atoms with E-state index in [-0.39, 0.29) is 12.5 Å². The number of benzene rings is 2. The molecule has 2 aromatic carbocycles. The first-order valence-corrected chi connectivity index (χ1v) is 8.26. The minimum atomic E-state index is -0.381. The summed E-state index contributed by atoms with van der Waals surface area (Å²) in [5.74, 6) is 1.48. The Morgan fingerprint density at radius 2 is 1.81 bits per heavy atom. The molecule has 6 nitrogen and oxygen atoms in total. The molecule has 0 aromatic heterocycles. The maximum absolute atomic E-state index is 11.9. The molecule has 0 radical (unpaired) electrons. The third-order valence-electron chi connectivity index (χ3n) is 3.61. The van der Waals surface area contributed by atoms with Crippen molar-refractivity contribution in [3.05, 3.63) is 52.0 Å². The van der Waals surface area contributed by atoms with Crippen LogP contribution >= 0.6 is 11.6 Å². The van der Waals surface area contributed by atoms with Crippen LogP contribution in [0.25, 0.3) is 0 Å². The lowest BCUT2D eigenvalue weighted by Crippen LogP contribution is -2.24. The van der Waals surface area contributed by atoms with Crippen molar-refractivity contribution in [3.63, 3.8) is 0 Å². The Hall–Kier alpha value is -2.73. The molecule has 138 valence electrons. The smallest absolute Gasteiger partial charge is 0.277 e. The number of halogens is 1. The van der Waals surface area contributed by atoms with Crippen LogP contribution in [0.2, 0.25) is 5.02 Å². The molecule has 0 aliphatic rings. The fraction of sp³-hybridized carbons (Fsp3) is 0.263. The van der Waals surface area contributed by atoms with Gasteiger partial charge in [0.05, 0.1) is 20.4 Å². The molecule has 0 atom stereocenters. The van der Waals surface area contributed by atoms with Gasteiger partial charge in [-0.15, -0.1) is 0 Å². The molecule has 1 N–H and O–H groups in total. The van der Waals surface area contributed by atoms with Crippen LogP contribution in [0.15, 0.2) is 35.4 Å². The number of carbonyl (C=O) groups is 1. The van der Waals surface area contributed by atoms with Gasteiger partial charge in [0.1, 0.15) is 17.2 Å². The van der Waals surface area contributed by atoms with Gasteiger partial charge in [-0.05, 0) is 55.3 Å². The molecule has 0 saturated heterocycles. The second-order valence-electron chi connectivity index (χ2n) is 5.56. The van der Waals surface area contributed by atoms with Gasteiger partial charge in [-0.2, -0.15) is 5.10 Å². The molecule has 2 aromatic rings. The summed E-state index contributed by atoms with van der Waals surface area (Å²) >= 11 is 6.11. The largest absolute Gasteiger partial charge is 0.497 e. The number of hydrogen-bond donors (Lipinski definition) is 1. The molecule has 0 unspecified atom stereocenters. The third kappa shape index (κ3) is 5.13. The highest BCUT2D eigenvalue weighted by molar-refractivity contribution is 6.32. The van der Waals surface area contributed by atoms with Crippen LogP contribution in [0.3, 0.4) is 0 Å². The van der Waals surface area contributed by atoms with Crippen molar-refractivity contribution in [1.29, 1.82) is 0 Å². The molecule has 0 saturated carbocycles. The first-order chi connectivity index (χ1) is 12.4. The maximum atomic E-state index is 11.9. The number of ether oxygens (including phenoxy) is 3. The molecular weight excluding hydrogens is 356 g/mol. The van der Waals surface area contributed by atoms with Crippen molar-refractivity contribution in [2.24, 2.45) is 5.10 Å². The van der Waals surface area contributed by atoms with Gasteiger partial charge in [0.25, 0.3) is 5.91 Å². The van der Waals surface area contributed by atoms with E-state index in [0.717, 1.165) is 11.1 Å². The molecule has 2 rings (SSSR count). The van der Waals surface area contributed by atoms with E-state index in [0.29, 0.717) is 27.8 Å². The van der Waals surface area contributed by atoms with E-state index in [4.69, 9.17) is 25.8 Å². The van der Waals surface area contributed by atoms with Crippen molar-refractivity contribution < 1.29 is 19.0 Å². The Morgan fingerprint density at radius 1 is 1.12 bits per heavy atom. The van der Waals surface area contributed by atoms with Crippen molar-refractivity contribution in [2.45, 2.75) is 13.8 Å². The third-order valence-corrected chi connectivity index (χ3v) is 4.21. The SMILES string of the molecule is COc1ccc(OC)c(/C=N/NC(=O)COc2cc(C)c(Cl)c(C)c2)c1. The molecular formula is C19H21ClN2O4. The van der Waals surface area contributed by atoms with Crippen LogP contribution in [0.1, 0.15) is 16.7 Å². The number of nitrogens with zero attached hydrogens (tertiary/aromatic N) is 1. The molecule has 1 amide bonds. The molecule has 0 spiro atoms. The van der Waals surface area contributed by atoms with Crippen LogP contribution in [-0.4, -0.2) is 32.9 Å². The summed E-state index contributed by atoms with van der Waals surface area (Å²) in [4.78, 5) is 11.9. The van der Waals surface area contributed by atoms with Crippen molar-refractivity contribution in [2.75, 3.05) is 20.8 Å². The van der Waals surface area contributed by atoms with Crippen LogP contribution in [0, 0.1) is 13.8 Å². The number of nitrogens with one attached hydrogen (secondary N) is 1. The standard InChI is InChI=1S/C19H21ClN2O4/c1-12-7-16(8-13(2)19(12)20)26-11-18(23)22-21-10-14-9-15(24-3)5-6-17(14)25-4/h5-10H,11H2,1-4H3,(H,22,23)/b21-10+. The van der Waals surface area contributed by atoms with Crippen molar-refractivity contribution >= 4 is 23.7 Å². The second kappa shape index (κ2) is 9.10. The number of hydrogen-bond acceptors (Lipinski definition) is 5. The van der Waals surface area contributed by atoms with Gasteiger partial charge in [-0.3, -0.25) is 4.79 Å². The monoisotopic (exact) mass is 376 g/mol. The first kappa shape index (κ1) is 19.6. The number of carbonyl (C=O) groups excluding carboxylic acids is 1. The fourth-order valence-electron chi connectivity index (χ4n) is 2.28. The summed E-state index contributed by atoms with van der Waals surface area (Å²) < 4.78 is 15.9. The van der Waals surface area contributed by atoms with Crippen molar-refractivity contribution in [1.82, 2.24) is 5.43 Å². The van der Waals surface area contributed by atoms with Crippen LogP contribution in [-0.2, 0) is 4.79 Å². The molecule has 26 heavy (non-hydrogen) atoms. The summed E-state index contributed by atoms with van der Waals surface area (Å²) in [7, 11) is 3.13. The predicted octanol–water partition coefficient (Wildman–Crippen LogP) is 3.50. The number of aryl methyl sites for hydroxylation is 2. The maximum Gasteiger partial charge on any atom is 0.277 e. The molecule has 0 heterocycles. The lowest BCUT2D eigenvalue weighted by molar-refractivity contribution is -0.123. The van der Waals surface area contributed by atoms with E-state index in [2.05, 4.69) is 10.5 Å². The van der Waals surface area contributed by atoms with Gasteiger partial charge >= 0.3 is 0 Å². The second-order valence-corrected chi connectivity index (χ2v) is 5.94. The zero-order valence-electron chi connectivity index (χ0n) is 15.1. The fourth-order valence-corrected chi connectivity index (χ4v) is 2.39. The Kier molecular flexibility index (Phi) is 6.86. The number of rotatable bonds is 7. The highest BCUT2D eigenvalue weighted by Gasteiger charge is 2.07. The van der Waals surface area contributed by atoms with Crippen LogP contribution in [0.5, 0.6) is 17.2 Å². The van der Waals surface area contributed by atoms with E-state index in [1.807, 2.05) is 13.8 Å². The topological polar surface area (TPSA) is 69.2 Å².